The molecule has 0 bridgehead atoms. The summed E-state index contributed by atoms with van der Waals surface area (Å²) in [6.45, 7) is 2.68. The van der Waals surface area contributed by atoms with Gasteiger partial charge in [-0.05, 0) is 6.54 Å². The standard InChI is InChI=1S/C4H10FNO2S.ClH/c1-2-6-3-4-9(5,7)8;/h6H,2-4H2,1H3;1H. The van der Waals surface area contributed by atoms with Crippen LogP contribution in [0.2, 0.25) is 0 Å². The number of halogens is 2. The van der Waals surface area contributed by atoms with Crippen molar-refractivity contribution in [2.75, 3.05) is 18.8 Å². The van der Waals surface area contributed by atoms with Crippen LogP contribution in [0.3, 0.4) is 0 Å². The lowest BCUT2D eigenvalue weighted by atomic mass is 10.7. The van der Waals surface area contributed by atoms with Crippen LogP contribution < -0.4 is 5.32 Å². The molecular weight excluding hydrogens is 181 g/mol. The van der Waals surface area contributed by atoms with E-state index in [1.807, 2.05) is 6.92 Å². The third-order valence-corrected chi connectivity index (χ3v) is 1.46. The molecule has 0 radical (unpaired) electrons. The molecule has 0 aromatic rings. The van der Waals surface area contributed by atoms with E-state index in [4.69, 9.17) is 0 Å². The molecule has 0 spiro atoms. The first-order valence-electron chi connectivity index (χ1n) is 2.69. The first-order chi connectivity index (χ1) is 4.06. The Morgan fingerprint density at radius 3 is 2.30 bits per heavy atom. The van der Waals surface area contributed by atoms with Crippen LogP contribution in [-0.2, 0) is 10.2 Å². The molecule has 64 valence electrons. The Kier molecular flexibility index (Phi) is 7.51. The zero-order valence-corrected chi connectivity index (χ0v) is 7.27. The topological polar surface area (TPSA) is 46.2 Å². The molecular formula is C4H11ClFNO2S. The van der Waals surface area contributed by atoms with Crippen LogP contribution in [0, 0.1) is 0 Å². The van der Waals surface area contributed by atoms with Gasteiger partial charge in [0.05, 0.1) is 5.75 Å². The molecule has 0 aromatic heterocycles. The fraction of sp³-hybridized carbons (Fsp3) is 1.00. The largest absolute Gasteiger partial charge is 0.316 e. The minimum absolute atomic E-state index is 0. The summed E-state index contributed by atoms with van der Waals surface area (Å²) in [6.07, 6.45) is 0. The van der Waals surface area contributed by atoms with E-state index in [1.54, 1.807) is 0 Å². The molecule has 0 unspecified atom stereocenters. The second kappa shape index (κ2) is 5.88. The quantitative estimate of drug-likeness (QED) is 0.514. The maximum atomic E-state index is 11.6. The molecule has 0 aliphatic rings. The molecule has 0 saturated carbocycles. The summed E-state index contributed by atoms with van der Waals surface area (Å²) in [7, 11) is -4.26. The van der Waals surface area contributed by atoms with Gasteiger partial charge in [-0.2, -0.15) is 8.42 Å². The average molecular weight is 192 g/mol. The predicted molar refractivity (Wildman–Crippen MR) is 40.7 cm³/mol. The van der Waals surface area contributed by atoms with Crippen molar-refractivity contribution in [3.63, 3.8) is 0 Å². The van der Waals surface area contributed by atoms with E-state index >= 15 is 0 Å². The van der Waals surface area contributed by atoms with Crippen molar-refractivity contribution >= 4 is 22.6 Å². The molecule has 0 aromatic carbocycles. The molecule has 10 heavy (non-hydrogen) atoms. The fourth-order valence-corrected chi connectivity index (χ4v) is 0.759. The van der Waals surface area contributed by atoms with Crippen molar-refractivity contribution in [3.8, 4) is 0 Å². The van der Waals surface area contributed by atoms with Crippen molar-refractivity contribution in [1.82, 2.24) is 5.32 Å². The minimum atomic E-state index is -4.26. The van der Waals surface area contributed by atoms with Gasteiger partial charge in [0.15, 0.2) is 0 Å². The van der Waals surface area contributed by atoms with Crippen LogP contribution in [0.4, 0.5) is 3.89 Å². The molecule has 0 saturated heterocycles. The van der Waals surface area contributed by atoms with Crippen molar-refractivity contribution < 1.29 is 12.3 Å². The van der Waals surface area contributed by atoms with Crippen LogP contribution in [0.25, 0.3) is 0 Å². The lowest BCUT2D eigenvalue weighted by molar-refractivity contribution is 0.548. The van der Waals surface area contributed by atoms with E-state index in [0.717, 1.165) is 0 Å². The molecule has 0 aliphatic heterocycles. The summed E-state index contributed by atoms with van der Waals surface area (Å²) in [4.78, 5) is 0. The van der Waals surface area contributed by atoms with Gasteiger partial charge in [0.1, 0.15) is 0 Å². The van der Waals surface area contributed by atoms with Crippen LogP contribution in [0.15, 0.2) is 0 Å². The molecule has 0 amide bonds. The smallest absolute Gasteiger partial charge is 0.303 e. The molecule has 0 aliphatic carbocycles. The van der Waals surface area contributed by atoms with Crippen LogP contribution in [-0.4, -0.2) is 27.3 Å². The van der Waals surface area contributed by atoms with E-state index in [1.165, 1.54) is 0 Å². The second-order valence-corrected chi connectivity index (χ2v) is 3.08. The van der Waals surface area contributed by atoms with E-state index in [9.17, 15) is 12.3 Å². The zero-order valence-electron chi connectivity index (χ0n) is 5.63. The van der Waals surface area contributed by atoms with Crippen LogP contribution >= 0.6 is 12.4 Å². The molecule has 0 rings (SSSR count). The number of hydrogen-bond donors (Lipinski definition) is 1. The Hall–Kier alpha value is 0.130. The van der Waals surface area contributed by atoms with Crippen molar-refractivity contribution in [2.45, 2.75) is 6.92 Å². The number of nitrogens with one attached hydrogen (secondary N) is 1. The highest BCUT2D eigenvalue weighted by atomic mass is 35.5. The summed E-state index contributed by atoms with van der Waals surface area (Å²) in [5.74, 6) is -0.430. The minimum Gasteiger partial charge on any atom is -0.316 e. The van der Waals surface area contributed by atoms with E-state index in [-0.39, 0.29) is 19.0 Å². The van der Waals surface area contributed by atoms with Gasteiger partial charge in [0.2, 0.25) is 0 Å². The van der Waals surface area contributed by atoms with E-state index in [2.05, 4.69) is 5.32 Å². The van der Waals surface area contributed by atoms with Crippen molar-refractivity contribution in [3.05, 3.63) is 0 Å². The van der Waals surface area contributed by atoms with Gasteiger partial charge in [-0.15, -0.1) is 16.3 Å². The summed E-state index contributed by atoms with van der Waals surface area (Å²) in [5.41, 5.74) is 0. The second-order valence-electron chi connectivity index (χ2n) is 1.60. The predicted octanol–water partition coefficient (Wildman–Crippen LogP) is 0.317. The third kappa shape index (κ3) is 11.0. The summed E-state index contributed by atoms with van der Waals surface area (Å²) < 4.78 is 31.2. The first kappa shape index (κ1) is 12.8. The normalized spacial score (nSPS) is 10.6. The first-order valence-corrected chi connectivity index (χ1v) is 4.24. The molecule has 0 heterocycles. The fourth-order valence-electron chi connectivity index (χ4n) is 0.371. The molecule has 3 nitrogen and oxygen atoms in total. The maximum Gasteiger partial charge on any atom is 0.303 e. The highest BCUT2D eigenvalue weighted by Crippen LogP contribution is 1.86. The lowest BCUT2D eigenvalue weighted by Gasteiger charge is -1.94. The SMILES string of the molecule is CCNCCS(=O)(=O)F.Cl. The highest BCUT2D eigenvalue weighted by molar-refractivity contribution is 7.86. The van der Waals surface area contributed by atoms with Crippen molar-refractivity contribution in [2.24, 2.45) is 0 Å². The summed E-state index contributed by atoms with van der Waals surface area (Å²) >= 11 is 0. The Balaban J connectivity index is 0. The zero-order chi connectivity index (χ0) is 7.33. The van der Waals surface area contributed by atoms with Gasteiger partial charge < -0.3 is 5.32 Å². The van der Waals surface area contributed by atoms with Gasteiger partial charge >= 0.3 is 10.2 Å². The van der Waals surface area contributed by atoms with Crippen LogP contribution in [0.5, 0.6) is 0 Å². The third-order valence-electron chi connectivity index (χ3n) is 0.773. The number of hydrogen-bond acceptors (Lipinski definition) is 3. The Labute approximate surface area is 66.6 Å². The molecule has 1 N–H and O–H groups in total. The molecule has 0 atom stereocenters. The van der Waals surface area contributed by atoms with Gasteiger partial charge in [0, 0.05) is 6.54 Å². The Morgan fingerprint density at radius 2 is 2.00 bits per heavy atom. The van der Waals surface area contributed by atoms with E-state index < -0.39 is 16.0 Å². The molecule has 6 heteroatoms. The van der Waals surface area contributed by atoms with Gasteiger partial charge in [-0.25, -0.2) is 0 Å². The lowest BCUT2D eigenvalue weighted by Crippen LogP contribution is -2.20. The van der Waals surface area contributed by atoms with Crippen molar-refractivity contribution in [1.29, 1.82) is 0 Å². The monoisotopic (exact) mass is 191 g/mol. The maximum absolute atomic E-state index is 11.6. The Morgan fingerprint density at radius 1 is 1.50 bits per heavy atom. The number of rotatable bonds is 4. The van der Waals surface area contributed by atoms with Crippen LogP contribution in [0.1, 0.15) is 6.92 Å². The Bertz CT molecular complexity index is 159. The van der Waals surface area contributed by atoms with E-state index in [0.29, 0.717) is 6.54 Å². The van der Waals surface area contributed by atoms with Gasteiger partial charge in [-0.1, -0.05) is 6.92 Å². The summed E-state index contributed by atoms with van der Waals surface area (Å²) in [5, 5.41) is 2.69. The summed E-state index contributed by atoms with van der Waals surface area (Å²) in [6, 6.07) is 0. The highest BCUT2D eigenvalue weighted by Gasteiger charge is 2.03. The van der Waals surface area contributed by atoms with Gasteiger partial charge in [-0.3, -0.25) is 0 Å². The molecule has 0 fully saturated rings. The average Bonchev–Trinajstić information content (AvgIpc) is 1.63. The van der Waals surface area contributed by atoms with Gasteiger partial charge in [0.25, 0.3) is 0 Å².